The molecule has 0 saturated heterocycles. The van der Waals surface area contributed by atoms with Gasteiger partial charge in [-0.1, -0.05) is 35.3 Å². The summed E-state index contributed by atoms with van der Waals surface area (Å²) in [5.74, 6) is -0.762. The number of benzene rings is 2. The molecule has 2 rings (SSSR count). The van der Waals surface area contributed by atoms with Crippen LogP contribution in [0.25, 0.3) is 0 Å². The van der Waals surface area contributed by atoms with Crippen LogP contribution >= 0.6 is 23.2 Å². The van der Waals surface area contributed by atoms with Gasteiger partial charge in [-0.25, -0.2) is 4.79 Å². The van der Waals surface area contributed by atoms with E-state index in [9.17, 15) is 9.59 Å². The summed E-state index contributed by atoms with van der Waals surface area (Å²) in [5, 5.41) is 3.40. The molecule has 126 valence electrons. The van der Waals surface area contributed by atoms with Gasteiger partial charge in [-0.05, 0) is 30.7 Å². The van der Waals surface area contributed by atoms with Crippen LogP contribution in [0.1, 0.15) is 15.9 Å². The van der Waals surface area contributed by atoms with Crippen LogP contribution in [0.2, 0.25) is 10.0 Å². The quantitative estimate of drug-likeness (QED) is 0.807. The molecule has 7 heteroatoms. The Morgan fingerprint density at radius 3 is 2.50 bits per heavy atom. The van der Waals surface area contributed by atoms with Gasteiger partial charge in [0, 0.05) is 11.1 Å². The van der Waals surface area contributed by atoms with E-state index in [2.05, 4.69) is 5.32 Å². The highest BCUT2D eigenvalue weighted by molar-refractivity contribution is 6.33. The van der Waals surface area contributed by atoms with Crippen molar-refractivity contribution in [2.24, 2.45) is 0 Å². The van der Waals surface area contributed by atoms with Crippen molar-refractivity contribution in [3.8, 4) is 5.75 Å². The zero-order valence-electron chi connectivity index (χ0n) is 13.1. The predicted octanol–water partition coefficient (Wildman–Crippen LogP) is 4.11. The first-order valence-corrected chi connectivity index (χ1v) is 7.73. The summed E-state index contributed by atoms with van der Waals surface area (Å²) in [6.45, 7) is 1.35. The van der Waals surface area contributed by atoms with Gasteiger partial charge in [0.25, 0.3) is 5.91 Å². The molecule has 0 aliphatic carbocycles. The molecule has 0 radical (unpaired) electrons. The van der Waals surface area contributed by atoms with Crippen molar-refractivity contribution in [2.75, 3.05) is 19.0 Å². The summed E-state index contributed by atoms with van der Waals surface area (Å²) < 4.78 is 10.1. The van der Waals surface area contributed by atoms with Gasteiger partial charge in [0.1, 0.15) is 5.75 Å². The molecule has 0 aliphatic rings. The van der Waals surface area contributed by atoms with Crippen molar-refractivity contribution in [3.63, 3.8) is 0 Å². The van der Waals surface area contributed by atoms with Gasteiger partial charge in [-0.15, -0.1) is 0 Å². The van der Waals surface area contributed by atoms with Crippen molar-refractivity contribution in [3.05, 3.63) is 57.6 Å². The second kappa shape index (κ2) is 8.04. The second-order valence-corrected chi connectivity index (χ2v) is 5.72. The third kappa shape index (κ3) is 4.40. The van der Waals surface area contributed by atoms with Gasteiger partial charge in [0.2, 0.25) is 0 Å². The number of methoxy groups -OCH3 is 1. The lowest BCUT2D eigenvalue weighted by Gasteiger charge is -2.12. The van der Waals surface area contributed by atoms with E-state index >= 15 is 0 Å². The molecule has 0 bridgehead atoms. The highest BCUT2D eigenvalue weighted by atomic mass is 35.5. The Morgan fingerprint density at radius 2 is 1.83 bits per heavy atom. The normalized spacial score (nSPS) is 10.2. The van der Waals surface area contributed by atoms with Crippen LogP contribution in [0.3, 0.4) is 0 Å². The standard InChI is InChI=1S/C17H15Cl2NO4/c1-10-7-14(15(23-2)8-13(10)19)20-16(21)9-24-17(22)11-5-3-4-6-12(11)18/h3-8H,9H2,1-2H3,(H,20,21). The Balaban J connectivity index is 2.00. The summed E-state index contributed by atoms with van der Waals surface area (Å²) in [4.78, 5) is 23.9. The zero-order valence-corrected chi connectivity index (χ0v) is 14.6. The maximum absolute atomic E-state index is 12.0. The second-order valence-electron chi connectivity index (χ2n) is 4.91. The number of hydrogen-bond donors (Lipinski definition) is 1. The number of aryl methyl sites for hydroxylation is 1. The average Bonchev–Trinajstić information content (AvgIpc) is 2.56. The van der Waals surface area contributed by atoms with Gasteiger partial charge in [-0.2, -0.15) is 0 Å². The highest BCUT2D eigenvalue weighted by Crippen LogP contribution is 2.30. The lowest BCUT2D eigenvalue weighted by molar-refractivity contribution is -0.119. The van der Waals surface area contributed by atoms with E-state index < -0.39 is 18.5 Å². The number of amides is 1. The summed E-state index contributed by atoms with van der Waals surface area (Å²) in [6.07, 6.45) is 0. The number of rotatable bonds is 5. The van der Waals surface area contributed by atoms with E-state index in [4.69, 9.17) is 32.7 Å². The van der Waals surface area contributed by atoms with Gasteiger partial charge in [-0.3, -0.25) is 4.79 Å². The Bertz CT molecular complexity index is 777. The van der Waals surface area contributed by atoms with E-state index in [1.165, 1.54) is 13.2 Å². The lowest BCUT2D eigenvalue weighted by Crippen LogP contribution is -2.21. The van der Waals surface area contributed by atoms with E-state index in [-0.39, 0.29) is 10.6 Å². The molecule has 0 spiro atoms. The molecule has 24 heavy (non-hydrogen) atoms. The number of hydrogen-bond acceptors (Lipinski definition) is 4. The molecule has 1 N–H and O–H groups in total. The van der Waals surface area contributed by atoms with Crippen LogP contribution in [0.15, 0.2) is 36.4 Å². The van der Waals surface area contributed by atoms with Gasteiger partial charge < -0.3 is 14.8 Å². The minimum Gasteiger partial charge on any atom is -0.495 e. The molecule has 2 aromatic carbocycles. The average molecular weight is 368 g/mol. The van der Waals surface area contributed by atoms with Crippen molar-refractivity contribution < 1.29 is 19.1 Å². The minimum absolute atomic E-state index is 0.201. The molecule has 1 amide bonds. The fraction of sp³-hybridized carbons (Fsp3) is 0.176. The van der Waals surface area contributed by atoms with E-state index in [0.717, 1.165) is 5.56 Å². The van der Waals surface area contributed by atoms with Crippen LogP contribution in [0, 0.1) is 6.92 Å². The van der Waals surface area contributed by atoms with Crippen molar-refractivity contribution in [1.29, 1.82) is 0 Å². The fourth-order valence-electron chi connectivity index (χ4n) is 1.95. The molecule has 2 aromatic rings. The van der Waals surface area contributed by atoms with Gasteiger partial charge in [0.05, 0.1) is 23.4 Å². The van der Waals surface area contributed by atoms with Crippen LogP contribution in [-0.2, 0) is 9.53 Å². The first-order valence-electron chi connectivity index (χ1n) is 6.98. The largest absolute Gasteiger partial charge is 0.495 e. The summed E-state index contributed by atoms with van der Waals surface area (Å²) >= 11 is 11.9. The summed E-state index contributed by atoms with van der Waals surface area (Å²) in [5.41, 5.74) is 1.42. The Kier molecular flexibility index (Phi) is 6.06. The molecule has 0 aliphatic heterocycles. The molecule has 0 fully saturated rings. The van der Waals surface area contributed by atoms with E-state index in [0.29, 0.717) is 16.5 Å². The molecule has 0 unspecified atom stereocenters. The molecule has 0 atom stereocenters. The first kappa shape index (κ1) is 18.1. The molecule has 5 nitrogen and oxygen atoms in total. The van der Waals surface area contributed by atoms with Crippen LogP contribution in [0.4, 0.5) is 5.69 Å². The fourth-order valence-corrected chi connectivity index (χ4v) is 2.32. The molecular formula is C17H15Cl2NO4. The third-order valence-corrected chi connectivity index (χ3v) is 3.92. The lowest BCUT2D eigenvalue weighted by atomic mass is 10.2. The third-order valence-electron chi connectivity index (χ3n) is 3.18. The predicted molar refractivity (Wildman–Crippen MR) is 93.1 cm³/mol. The number of nitrogens with one attached hydrogen (secondary N) is 1. The smallest absolute Gasteiger partial charge is 0.340 e. The topological polar surface area (TPSA) is 64.6 Å². The molecule has 0 heterocycles. The van der Waals surface area contributed by atoms with Crippen molar-refractivity contribution in [1.82, 2.24) is 0 Å². The Hall–Kier alpha value is -2.24. The highest BCUT2D eigenvalue weighted by Gasteiger charge is 2.15. The molecular weight excluding hydrogens is 353 g/mol. The summed E-state index contributed by atoms with van der Waals surface area (Å²) in [6, 6.07) is 9.72. The number of anilines is 1. The van der Waals surface area contributed by atoms with Crippen molar-refractivity contribution >= 4 is 40.8 Å². The number of ether oxygens (including phenoxy) is 2. The Labute approximate surface area is 149 Å². The zero-order chi connectivity index (χ0) is 17.7. The first-order chi connectivity index (χ1) is 11.4. The number of halogens is 2. The van der Waals surface area contributed by atoms with Crippen LogP contribution in [0.5, 0.6) is 5.75 Å². The number of esters is 1. The maximum atomic E-state index is 12.0. The SMILES string of the molecule is COc1cc(Cl)c(C)cc1NC(=O)COC(=O)c1ccccc1Cl. The monoisotopic (exact) mass is 367 g/mol. The minimum atomic E-state index is -0.671. The maximum Gasteiger partial charge on any atom is 0.340 e. The van der Waals surface area contributed by atoms with Gasteiger partial charge >= 0.3 is 5.97 Å². The van der Waals surface area contributed by atoms with Crippen LogP contribution < -0.4 is 10.1 Å². The number of carbonyl (C=O) groups excluding carboxylic acids is 2. The molecule has 0 saturated carbocycles. The Morgan fingerprint density at radius 1 is 1.12 bits per heavy atom. The summed E-state index contributed by atoms with van der Waals surface area (Å²) in [7, 11) is 1.47. The van der Waals surface area contributed by atoms with Gasteiger partial charge in [0.15, 0.2) is 6.61 Å². The van der Waals surface area contributed by atoms with Crippen molar-refractivity contribution in [2.45, 2.75) is 6.92 Å². The van der Waals surface area contributed by atoms with E-state index in [1.54, 1.807) is 37.3 Å². The molecule has 0 aromatic heterocycles. The van der Waals surface area contributed by atoms with Crippen LogP contribution in [-0.4, -0.2) is 25.6 Å². The van der Waals surface area contributed by atoms with E-state index in [1.807, 2.05) is 0 Å². The number of carbonyl (C=O) groups is 2.